The van der Waals surface area contributed by atoms with Gasteiger partial charge in [0.05, 0.1) is 11.8 Å². The first-order valence-electron chi connectivity index (χ1n) is 6.46. The normalized spacial score (nSPS) is 13.1. The number of rotatable bonds is 5. The largest absolute Gasteiger partial charge is 0.416 e. The molecule has 0 bridgehead atoms. The predicted octanol–water partition coefficient (Wildman–Crippen LogP) is 3.85. The topological polar surface area (TPSA) is 29.9 Å². The zero-order valence-electron chi connectivity index (χ0n) is 11.6. The summed E-state index contributed by atoms with van der Waals surface area (Å²) in [5, 5.41) is 7.30. The van der Waals surface area contributed by atoms with E-state index in [-0.39, 0.29) is 6.04 Å². The number of benzene rings is 1. The molecule has 21 heavy (non-hydrogen) atoms. The van der Waals surface area contributed by atoms with Crippen molar-refractivity contribution in [3.63, 3.8) is 0 Å². The summed E-state index contributed by atoms with van der Waals surface area (Å²) in [6.45, 7) is 6.09. The van der Waals surface area contributed by atoms with Gasteiger partial charge in [-0.1, -0.05) is 18.7 Å². The van der Waals surface area contributed by atoms with Gasteiger partial charge in [0.1, 0.15) is 0 Å². The van der Waals surface area contributed by atoms with Crippen LogP contribution < -0.4 is 5.32 Å². The Morgan fingerprint density at radius 2 is 2.00 bits per heavy atom. The highest BCUT2D eigenvalue weighted by atomic mass is 19.4. The van der Waals surface area contributed by atoms with E-state index in [1.807, 2.05) is 13.1 Å². The Bertz CT molecular complexity index is 599. The van der Waals surface area contributed by atoms with E-state index in [1.165, 1.54) is 12.1 Å². The molecule has 0 radical (unpaired) electrons. The average molecular weight is 295 g/mol. The number of alkyl halides is 3. The van der Waals surface area contributed by atoms with Crippen molar-refractivity contribution in [2.45, 2.75) is 25.7 Å². The van der Waals surface area contributed by atoms with Gasteiger partial charge in [0, 0.05) is 30.5 Å². The first-order valence-corrected chi connectivity index (χ1v) is 6.46. The number of nitrogens with one attached hydrogen (secondary N) is 1. The lowest BCUT2D eigenvalue weighted by atomic mass is 10.1. The highest BCUT2D eigenvalue weighted by Crippen LogP contribution is 2.29. The number of nitrogens with zero attached hydrogens (tertiary/aromatic N) is 2. The molecule has 1 aromatic carbocycles. The zero-order chi connectivity index (χ0) is 15.5. The van der Waals surface area contributed by atoms with E-state index in [2.05, 4.69) is 17.0 Å². The van der Waals surface area contributed by atoms with Crippen LogP contribution in [0.3, 0.4) is 0 Å². The molecular weight excluding hydrogens is 279 g/mol. The summed E-state index contributed by atoms with van der Waals surface area (Å²) >= 11 is 0. The molecule has 6 heteroatoms. The van der Waals surface area contributed by atoms with Crippen LogP contribution >= 0.6 is 0 Å². The van der Waals surface area contributed by atoms with E-state index in [0.29, 0.717) is 6.54 Å². The number of hydrogen-bond acceptors (Lipinski definition) is 2. The lowest BCUT2D eigenvalue weighted by Crippen LogP contribution is -2.18. The van der Waals surface area contributed by atoms with E-state index < -0.39 is 11.7 Å². The first kappa shape index (κ1) is 15.3. The van der Waals surface area contributed by atoms with Crippen LogP contribution in [0, 0.1) is 0 Å². The van der Waals surface area contributed by atoms with Crippen molar-refractivity contribution in [2.24, 2.45) is 0 Å². The summed E-state index contributed by atoms with van der Waals surface area (Å²) in [7, 11) is 0. The molecule has 0 aliphatic rings. The van der Waals surface area contributed by atoms with Crippen LogP contribution in [0.15, 0.2) is 43.2 Å². The van der Waals surface area contributed by atoms with E-state index in [9.17, 15) is 13.2 Å². The molecule has 0 saturated heterocycles. The number of halogens is 3. The monoisotopic (exact) mass is 295 g/mol. The minimum absolute atomic E-state index is 0.0561. The minimum Gasteiger partial charge on any atom is -0.306 e. The lowest BCUT2D eigenvalue weighted by Gasteiger charge is -2.14. The van der Waals surface area contributed by atoms with Crippen LogP contribution in [0.4, 0.5) is 13.2 Å². The van der Waals surface area contributed by atoms with Crippen molar-refractivity contribution < 1.29 is 13.2 Å². The van der Waals surface area contributed by atoms with Gasteiger partial charge in [0.2, 0.25) is 0 Å². The highest BCUT2D eigenvalue weighted by molar-refractivity contribution is 5.26. The molecule has 0 amide bonds. The summed E-state index contributed by atoms with van der Waals surface area (Å²) in [6.07, 6.45) is 0.838. The summed E-state index contributed by atoms with van der Waals surface area (Å²) in [5.74, 6) is 0. The van der Waals surface area contributed by atoms with Crippen LogP contribution in [0.2, 0.25) is 0 Å². The third-order valence-corrected chi connectivity index (χ3v) is 3.19. The molecular formula is C15H16F3N3. The minimum atomic E-state index is -4.30. The molecule has 0 fully saturated rings. The van der Waals surface area contributed by atoms with Crippen molar-refractivity contribution in [2.75, 3.05) is 0 Å². The van der Waals surface area contributed by atoms with Gasteiger partial charge in [-0.3, -0.25) is 0 Å². The van der Waals surface area contributed by atoms with E-state index in [1.54, 1.807) is 17.1 Å². The lowest BCUT2D eigenvalue weighted by molar-refractivity contribution is -0.137. The molecule has 1 heterocycles. The molecule has 2 rings (SSSR count). The summed E-state index contributed by atoms with van der Waals surface area (Å²) in [4.78, 5) is 0. The Morgan fingerprint density at radius 3 is 2.52 bits per heavy atom. The summed E-state index contributed by atoms with van der Waals surface area (Å²) < 4.78 is 39.1. The van der Waals surface area contributed by atoms with Crippen molar-refractivity contribution >= 4 is 6.20 Å². The van der Waals surface area contributed by atoms with Gasteiger partial charge in [-0.25, -0.2) is 4.68 Å². The molecule has 1 atom stereocenters. The molecule has 1 N–H and O–H groups in total. The second kappa shape index (κ2) is 6.13. The zero-order valence-corrected chi connectivity index (χ0v) is 11.6. The predicted molar refractivity (Wildman–Crippen MR) is 75.3 cm³/mol. The Labute approximate surface area is 121 Å². The smallest absolute Gasteiger partial charge is 0.306 e. The third-order valence-electron chi connectivity index (χ3n) is 3.19. The maximum Gasteiger partial charge on any atom is 0.416 e. The second-order valence-corrected chi connectivity index (χ2v) is 4.73. The standard InChI is InChI=1S/C15H16F3N3/c1-3-21-10-12(9-20-21)8-19-11(2)13-4-6-14(7-5-13)15(16,17)18/h3-7,9-11,19H,1,8H2,2H3. The molecule has 1 aromatic heterocycles. The van der Waals surface area contributed by atoms with E-state index in [4.69, 9.17) is 0 Å². The van der Waals surface area contributed by atoms with Crippen molar-refractivity contribution in [1.29, 1.82) is 0 Å². The fraction of sp³-hybridized carbons (Fsp3) is 0.267. The Balaban J connectivity index is 1.96. The molecule has 2 aromatic rings. The van der Waals surface area contributed by atoms with Gasteiger partial charge in [-0.05, 0) is 24.6 Å². The first-order chi connectivity index (χ1) is 9.90. The SMILES string of the molecule is C=Cn1cc(CNC(C)c2ccc(C(F)(F)F)cc2)cn1. The highest BCUT2D eigenvalue weighted by Gasteiger charge is 2.30. The maximum atomic E-state index is 12.5. The third kappa shape index (κ3) is 3.95. The second-order valence-electron chi connectivity index (χ2n) is 4.73. The van der Waals surface area contributed by atoms with Crippen molar-refractivity contribution in [3.8, 4) is 0 Å². The molecule has 0 saturated carbocycles. The van der Waals surface area contributed by atoms with E-state index in [0.717, 1.165) is 23.3 Å². The Hall–Kier alpha value is -2.08. The summed E-state index contributed by atoms with van der Waals surface area (Å²) in [6, 6.07) is 5.13. The Morgan fingerprint density at radius 1 is 1.33 bits per heavy atom. The molecule has 3 nitrogen and oxygen atoms in total. The molecule has 0 aliphatic heterocycles. The van der Waals surface area contributed by atoms with Gasteiger partial charge >= 0.3 is 6.18 Å². The van der Waals surface area contributed by atoms with Crippen molar-refractivity contribution in [1.82, 2.24) is 15.1 Å². The maximum absolute atomic E-state index is 12.5. The van der Waals surface area contributed by atoms with Gasteiger partial charge in [-0.2, -0.15) is 18.3 Å². The molecule has 0 spiro atoms. The van der Waals surface area contributed by atoms with Crippen LogP contribution in [0.1, 0.15) is 29.7 Å². The van der Waals surface area contributed by atoms with Crippen LogP contribution in [-0.4, -0.2) is 9.78 Å². The molecule has 112 valence electrons. The molecule has 0 aliphatic carbocycles. The fourth-order valence-electron chi connectivity index (χ4n) is 1.92. The number of aromatic nitrogens is 2. The van der Waals surface area contributed by atoms with Crippen LogP contribution in [0.5, 0.6) is 0 Å². The van der Waals surface area contributed by atoms with Crippen LogP contribution in [0.25, 0.3) is 6.20 Å². The Kier molecular flexibility index (Phi) is 4.47. The van der Waals surface area contributed by atoms with E-state index >= 15 is 0 Å². The summed E-state index contributed by atoms with van der Waals surface area (Å²) in [5.41, 5.74) is 1.15. The van der Waals surface area contributed by atoms with Gasteiger partial charge in [0.15, 0.2) is 0 Å². The van der Waals surface area contributed by atoms with Gasteiger partial charge < -0.3 is 5.32 Å². The van der Waals surface area contributed by atoms with Gasteiger partial charge in [-0.15, -0.1) is 0 Å². The quantitative estimate of drug-likeness (QED) is 0.908. The average Bonchev–Trinajstić information content (AvgIpc) is 2.92. The van der Waals surface area contributed by atoms with Crippen molar-refractivity contribution in [3.05, 3.63) is 59.9 Å². The molecule has 1 unspecified atom stereocenters. The van der Waals surface area contributed by atoms with Crippen LogP contribution in [-0.2, 0) is 12.7 Å². The number of hydrogen-bond donors (Lipinski definition) is 1. The fourth-order valence-corrected chi connectivity index (χ4v) is 1.92. The van der Waals surface area contributed by atoms with Gasteiger partial charge in [0.25, 0.3) is 0 Å².